The van der Waals surface area contributed by atoms with Gasteiger partial charge in [-0.25, -0.2) is 0 Å². The Labute approximate surface area is 256 Å². The minimum Gasteiger partial charge on any atom is 4.00 e. The molecule has 0 bridgehead atoms. The van der Waals surface area contributed by atoms with E-state index in [4.69, 9.17) is 0 Å². The van der Waals surface area contributed by atoms with Gasteiger partial charge in [0.15, 0.2) is 0 Å². The summed E-state index contributed by atoms with van der Waals surface area (Å²) in [5.41, 5.74) is 0. The third-order valence-electron chi connectivity index (χ3n) is 4.16. The van der Waals surface area contributed by atoms with Crippen LogP contribution < -0.4 is 4.40 Å². The van der Waals surface area contributed by atoms with Gasteiger partial charge in [0.1, 0.15) is 0 Å². The van der Waals surface area contributed by atoms with Gasteiger partial charge in [-0.3, -0.25) is 0 Å². The van der Waals surface area contributed by atoms with Gasteiger partial charge in [0.2, 0.25) is 0 Å². The van der Waals surface area contributed by atoms with Crippen molar-refractivity contribution in [3.8, 4) is 0 Å². The van der Waals surface area contributed by atoms with Gasteiger partial charge in [-0.15, -0.1) is 36.3 Å². The average Bonchev–Trinajstić information content (AvgIpc) is 3.10. The van der Waals surface area contributed by atoms with Crippen LogP contribution in [0.15, 0.2) is 24.3 Å². The third-order valence-corrected chi connectivity index (χ3v) is 12.0. The van der Waals surface area contributed by atoms with E-state index in [2.05, 4.69) is 99.0 Å². The molecular weight excluding hydrogens is 776 g/mol. The molecule has 0 heterocycles. The second kappa shape index (κ2) is 20.8. The maximum Gasteiger partial charge on any atom is 4.00 e. The van der Waals surface area contributed by atoms with Gasteiger partial charge in [-0.05, 0) is 0 Å². The molecule has 40 heavy (non-hydrogen) atoms. The summed E-state index contributed by atoms with van der Waals surface area (Å²) in [6.45, 7) is 25.2. The van der Waals surface area contributed by atoms with Crippen molar-refractivity contribution in [3.63, 3.8) is 0 Å². The molecule has 0 N–H and O–H groups in total. The van der Waals surface area contributed by atoms with Crippen LogP contribution in [0.2, 0.25) is 0 Å². The van der Waals surface area contributed by atoms with Crippen molar-refractivity contribution in [2.45, 2.75) is 134 Å². The molecule has 0 saturated heterocycles. The van der Waals surface area contributed by atoms with Crippen molar-refractivity contribution in [1.29, 1.82) is 0 Å². The fourth-order valence-electron chi connectivity index (χ4n) is 3.39. The normalized spacial score (nSPS) is 12.6. The Morgan fingerprint density at radius 2 is 0.625 bits per heavy atom. The fourth-order valence-corrected chi connectivity index (χ4v) is 8.92. The fraction of sp³-hybridized carbons (Fsp3) is 0.808. The SMILES string of the molecule is CC(C)[N-]C(C)C.CC(C)[N-]C(C)C.CC(C)[N-]C(C)C.F[C](F)(F)[Ge]([c-]1cccc1)([C](F)(F)F)[C](F)(F)F.[Hf+4]. The maximum atomic E-state index is 12.6. The van der Waals surface area contributed by atoms with E-state index in [0.717, 1.165) is 12.1 Å². The van der Waals surface area contributed by atoms with Crippen LogP contribution in [0.1, 0.15) is 83.1 Å². The maximum absolute atomic E-state index is 12.6. The van der Waals surface area contributed by atoms with Crippen LogP contribution in [0.3, 0.4) is 0 Å². The predicted molar refractivity (Wildman–Crippen MR) is 146 cm³/mol. The molecule has 0 aliphatic heterocycles. The van der Waals surface area contributed by atoms with Crippen molar-refractivity contribution in [3.05, 3.63) is 40.2 Å². The Hall–Kier alpha value is 0.0130. The van der Waals surface area contributed by atoms with E-state index in [1.54, 1.807) is 0 Å². The first-order valence-electron chi connectivity index (χ1n) is 12.8. The standard InChI is InChI=1S/C8H4F9Ge.3C6H14N.Hf/c9-6(10,11)18(7(12,13)14,8(15,16)17)5-3-1-2-4-5;3*1-5(2)7-6(3)4;/h1-4H;3*5-6H,1-4H3;/q4*-1;+4. The molecule has 0 aliphatic carbocycles. The first kappa shape index (κ1) is 47.0. The second-order valence-electron chi connectivity index (χ2n) is 10.4. The molecule has 0 radical (unpaired) electrons. The van der Waals surface area contributed by atoms with Crippen molar-refractivity contribution < 1.29 is 65.4 Å². The summed E-state index contributed by atoms with van der Waals surface area (Å²) in [6, 6.07) is 4.90. The van der Waals surface area contributed by atoms with Gasteiger partial charge in [0, 0.05) is 0 Å². The molecule has 0 aliphatic rings. The molecule has 0 saturated carbocycles. The summed E-state index contributed by atoms with van der Waals surface area (Å²) < 4.78 is 111. The minimum absolute atomic E-state index is 0. The zero-order valence-corrected chi connectivity index (χ0v) is 31.2. The van der Waals surface area contributed by atoms with Gasteiger partial charge >= 0.3 is 122 Å². The molecule has 0 atom stereocenters. The van der Waals surface area contributed by atoms with Gasteiger partial charge < -0.3 is 16.0 Å². The molecule has 236 valence electrons. The quantitative estimate of drug-likeness (QED) is 0.149. The molecule has 0 fully saturated rings. The van der Waals surface area contributed by atoms with E-state index in [0.29, 0.717) is 36.3 Å². The summed E-state index contributed by atoms with van der Waals surface area (Å²) in [5, 5.41) is -6.24. The number of hydrogen-bond donors (Lipinski definition) is 0. The zero-order chi connectivity index (χ0) is 32.0. The van der Waals surface area contributed by atoms with Gasteiger partial charge in [0.05, 0.1) is 0 Å². The topological polar surface area (TPSA) is 42.3 Å². The Morgan fingerprint density at radius 1 is 0.450 bits per heavy atom. The number of hydrogen-bond acceptors (Lipinski definition) is 0. The molecule has 0 spiro atoms. The van der Waals surface area contributed by atoms with E-state index < -0.39 is 32.7 Å². The van der Waals surface area contributed by atoms with Crippen molar-refractivity contribution in [1.82, 2.24) is 0 Å². The first-order chi connectivity index (χ1) is 17.2. The van der Waals surface area contributed by atoms with Crippen LogP contribution in [0.25, 0.3) is 16.0 Å². The van der Waals surface area contributed by atoms with E-state index in [-0.39, 0.29) is 38.0 Å². The Kier molecular flexibility index (Phi) is 24.5. The summed E-state index contributed by atoms with van der Waals surface area (Å²) >= 11 is -8.38. The van der Waals surface area contributed by atoms with Crippen LogP contribution in [0, 0.1) is 0 Å². The van der Waals surface area contributed by atoms with Gasteiger partial charge in [0.25, 0.3) is 0 Å². The molecule has 0 aromatic heterocycles. The predicted octanol–water partition coefficient (Wildman–Crippen LogP) is 9.89. The molecule has 1 aromatic rings. The molecule has 1 aromatic carbocycles. The molecule has 1 rings (SSSR count). The molecule has 0 unspecified atom stereocenters. The van der Waals surface area contributed by atoms with Crippen LogP contribution >= 0.6 is 0 Å². The summed E-state index contributed by atoms with van der Waals surface area (Å²) in [5.74, 6) is 0. The van der Waals surface area contributed by atoms with Gasteiger partial charge in [-0.1, -0.05) is 83.1 Å². The number of rotatable bonds is 7. The smallest absolute Gasteiger partial charge is 4.00 e. The largest absolute Gasteiger partial charge is 4.00 e. The minimum atomic E-state index is -8.38. The Balaban J connectivity index is -0.000000245. The van der Waals surface area contributed by atoms with Crippen molar-refractivity contribution in [2.24, 2.45) is 0 Å². The van der Waals surface area contributed by atoms with Crippen LogP contribution in [0.4, 0.5) is 39.5 Å². The van der Waals surface area contributed by atoms with E-state index in [1.807, 2.05) is 0 Å². The van der Waals surface area contributed by atoms with Crippen molar-refractivity contribution in [2.75, 3.05) is 0 Å². The average molecular weight is 823 g/mol. The first-order valence-corrected chi connectivity index (χ1v) is 17.0. The molecule has 0 amide bonds. The van der Waals surface area contributed by atoms with Crippen LogP contribution in [-0.4, -0.2) is 64.5 Å². The third kappa shape index (κ3) is 19.2. The Morgan fingerprint density at radius 3 is 0.725 bits per heavy atom. The van der Waals surface area contributed by atoms with Gasteiger partial charge in [-0.2, -0.15) is 0 Å². The van der Waals surface area contributed by atoms with Crippen LogP contribution in [0.5, 0.6) is 0 Å². The van der Waals surface area contributed by atoms with E-state index in [1.165, 1.54) is 0 Å². The van der Waals surface area contributed by atoms with E-state index >= 15 is 0 Å². The summed E-state index contributed by atoms with van der Waals surface area (Å²) in [6.07, 6.45) is 0. The number of halogens is 9. The van der Waals surface area contributed by atoms with Crippen molar-refractivity contribution >= 4 is 17.7 Å². The van der Waals surface area contributed by atoms with E-state index in [9.17, 15) is 39.5 Å². The summed E-state index contributed by atoms with van der Waals surface area (Å²) in [4.78, 5) is 0. The summed E-state index contributed by atoms with van der Waals surface area (Å²) in [7, 11) is 0. The molecule has 14 heteroatoms. The zero-order valence-electron chi connectivity index (χ0n) is 25.5. The Bertz CT molecular complexity index is 627. The molecule has 3 nitrogen and oxygen atoms in total. The molecular formula is C26H46F9GeHfN3. The van der Waals surface area contributed by atoms with Crippen LogP contribution in [-0.2, 0) is 25.8 Å². The number of nitrogens with zero attached hydrogens (tertiary/aromatic N) is 3. The monoisotopic (exact) mass is 825 g/mol. The second-order valence-corrected chi connectivity index (χ2v) is 18.4. The number of alkyl halides is 9.